The van der Waals surface area contributed by atoms with E-state index >= 15 is 0 Å². The zero-order chi connectivity index (χ0) is 12.0. The topological polar surface area (TPSA) is 32.3 Å². The quantitative estimate of drug-likeness (QED) is 0.803. The van der Waals surface area contributed by atoms with E-state index in [4.69, 9.17) is 11.6 Å². The van der Waals surface area contributed by atoms with E-state index in [1.165, 1.54) is 5.56 Å². The summed E-state index contributed by atoms with van der Waals surface area (Å²) >= 11 is 5.79. The fourth-order valence-corrected chi connectivity index (χ4v) is 1.74. The van der Waals surface area contributed by atoms with Crippen LogP contribution in [0.25, 0.3) is 0 Å². The van der Waals surface area contributed by atoms with Crippen LogP contribution in [0.2, 0.25) is 5.02 Å². The maximum Gasteiger partial charge on any atom is 0.0667 e. The highest BCUT2D eigenvalue weighted by Crippen LogP contribution is 2.09. The highest BCUT2D eigenvalue weighted by Gasteiger charge is 2.05. The first-order chi connectivity index (χ1) is 7.58. The Kier molecular flexibility index (Phi) is 5.81. The Bertz CT molecular complexity index is 297. The van der Waals surface area contributed by atoms with Gasteiger partial charge in [-0.15, -0.1) is 0 Å². The second-order valence-electron chi connectivity index (χ2n) is 4.54. The van der Waals surface area contributed by atoms with Crippen molar-refractivity contribution in [2.75, 3.05) is 6.54 Å². The van der Waals surface area contributed by atoms with Gasteiger partial charge in [0.05, 0.1) is 6.10 Å². The summed E-state index contributed by atoms with van der Waals surface area (Å²) in [5.74, 6) is 0.535. The molecule has 90 valence electrons. The summed E-state index contributed by atoms with van der Waals surface area (Å²) in [6.07, 6.45) is 0.584. The molecule has 1 aromatic carbocycles. The fourth-order valence-electron chi connectivity index (χ4n) is 1.61. The van der Waals surface area contributed by atoms with E-state index in [-0.39, 0.29) is 6.10 Å². The van der Waals surface area contributed by atoms with Crippen molar-refractivity contribution in [3.8, 4) is 0 Å². The molecule has 3 heteroatoms. The second-order valence-corrected chi connectivity index (χ2v) is 4.98. The first-order valence-electron chi connectivity index (χ1n) is 5.71. The molecule has 0 saturated heterocycles. The molecule has 0 spiro atoms. The lowest BCUT2D eigenvalue weighted by molar-refractivity contribution is 0.146. The molecule has 0 fully saturated rings. The first-order valence-corrected chi connectivity index (χ1v) is 6.09. The van der Waals surface area contributed by atoms with E-state index in [1.807, 2.05) is 24.3 Å². The Morgan fingerprint density at radius 2 is 1.88 bits per heavy atom. The largest absolute Gasteiger partial charge is 0.392 e. The molecule has 1 rings (SSSR count). The highest BCUT2D eigenvalue weighted by atomic mass is 35.5. The van der Waals surface area contributed by atoms with Gasteiger partial charge in [-0.05, 0) is 30.0 Å². The molecule has 2 N–H and O–H groups in total. The average molecular weight is 242 g/mol. The second kappa shape index (κ2) is 6.89. The molecule has 0 aliphatic carbocycles. The minimum atomic E-state index is -0.257. The Balaban J connectivity index is 2.22. The molecule has 0 radical (unpaired) electrons. The number of aliphatic hydroxyl groups is 1. The normalized spacial score (nSPS) is 13.1. The molecule has 1 unspecified atom stereocenters. The van der Waals surface area contributed by atoms with Crippen LogP contribution in [0.4, 0.5) is 0 Å². The highest BCUT2D eigenvalue weighted by molar-refractivity contribution is 6.30. The monoisotopic (exact) mass is 241 g/mol. The number of halogens is 1. The van der Waals surface area contributed by atoms with Crippen molar-refractivity contribution in [2.24, 2.45) is 5.92 Å². The van der Waals surface area contributed by atoms with E-state index in [0.29, 0.717) is 12.5 Å². The summed E-state index contributed by atoms with van der Waals surface area (Å²) < 4.78 is 0. The average Bonchev–Trinajstić information content (AvgIpc) is 2.20. The molecule has 0 bridgehead atoms. The summed E-state index contributed by atoms with van der Waals surface area (Å²) in [4.78, 5) is 0. The van der Waals surface area contributed by atoms with E-state index < -0.39 is 0 Å². The van der Waals surface area contributed by atoms with Crippen LogP contribution < -0.4 is 5.32 Å². The minimum absolute atomic E-state index is 0.257. The molecule has 1 atom stereocenters. The van der Waals surface area contributed by atoms with Gasteiger partial charge in [0, 0.05) is 18.1 Å². The fraction of sp³-hybridized carbons (Fsp3) is 0.538. The van der Waals surface area contributed by atoms with Crippen LogP contribution in [-0.2, 0) is 6.54 Å². The number of aliphatic hydroxyl groups excluding tert-OH is 1. The van der Waals surface area contributed by atoms with Crippen LogP contribution in [0.15, 0.2) is 24.3 Å². The maximum absolute atomic E-state index is 9.66. The molecule has 1 aromatic rings. The number of rotatable bonds is 6. The zero-order valence-electron chi connectivity index (χ0n) is 9.91. The van der Waals surface area contributed by atoms with Gasteiger partial charge in [-0.1, -0.05) is 37.6 Å². The summed E-state index contributed by atoms with van der Waals surface area (Å²) in [7, 11) is 0. The van der Waals surface area contributed by atoms with E-state index in [1.54, 1.807) is 0 Å². The maximum atomic E-state index is 9.66. The molecule has 0 heterocycles. The standard InChI is InChI=1S/C13H20ClNO/c1-10(2)7-13(16)9-15-8-11-3-5-12(14)6-4-11/h3-6,10,13,15-16H,7-9H2,1-2H3. The number of hydrogen-bond donors (Lipinski definition) is 2. The van der Waals surface area contributed by atoms with Crippen molar-refractivity contribution in [1.29, 1.82) is 0 Å². The van der Waals surface area contributed by atoms with Gasteiger partial charge in [0.1, 0.15) is 0 Å². The van der Waals surface area contributed by atoms with Crippen LogP contribution in [0.5, 0.6) is 0 Å². The third-order valence-corrected chi connectivity index (χ3v) is 2.62. The smallest absolute Gasteiger partial charge is 0.0667 e. The summed E-state index contributed by atoms with van der Waals surface area (Å²) in [5, 5.41) is 13.6. The van der Waals surface area contributed by atoms with E-state index in [2.05, 4.69) is 19.2 Å². The number of nitrogens with one attached hydrogen (secondary N) is 1. The van der Waals surface area contributed by atoms with Gasteiger partial charge in [0.2, 0.25) is 0 Å². The van der Waals surface area contributed by atoms with Crippen molar-refractivity contribution < 1.29 is 5.11 Å². The third-order valence-electron chi connectivity index (χ3n) is 2.37. The Hall–Kier alpha value is -0.570. The molecule has 2 nitrogen and oxygen atoms in total. The van der Waals surface area contributed by atoms with Crippen molar-refractivity contribution >= 4 is 11.6 Å². The van der Waals surface area contributed by atoms with Crippen LogP contribution in [-0.4, -0.2) is 17.8 Å². The van der Waals surface area contributed by atoms with Crippen LogP contribution in [0, 0.1) is 5.92 Å². The van der Waals surface area contributed by atoms with E-state index in [9.17, 15) is 5.11 Å². The van der Waals surface area contributed by atoms with Gasteiger partial charge < -0.3 is 10.4 Å². The van der Waals surface area contributed by atoms with Gasteiger partial charge in [0.25, 0.3) is 0 Å². The lowest BCUT2D eigenvalue weighted by Gasteiger charge is -2.13. The van der Waals surface area contributed by atoms with Crippen LogP contribution in [0.1, 0.15) is 25.8 Å². The lowest BCUT2D eigenvalue weighted by Crippen LogP contribution is -2.27. The Morgan fingerprint density at radius 3 is 2.44 bits per heavy atom. The van der Waals surface area contributed by atoms with Crippen LogP contribution >= 0.6 is 11.6 Å². The van der Waals surface area contributed by atoms with Gasteiger partial charge >= 0.3 is 0 Å². The van der Waals surface area contributed by atoms with Crippen molar-refractivity contribution in [3.05, 3.63) is 34.9 Å². The zero-order valence-corrected chi connectivity index (χ0v) is 10.7. The lowest BCUT2D eigenvalue weighted by atomic mass is 10.1. The van der Waals surface area contributed by atoms with Crippen molar-refractivity contribution in [3.63, 3.8) is 0 Å². The molecular weight excluding hydrogens is 222 g/mol. The van der Waals surface area contributed by atoms with Gasteiger partial charge in [-0.3, -0.25) is 0 Å². The van der Waals surface area contributed by atoms with Gasteiger partial charge in [-0.25, -0.2) is 0 Å². The van der Waals surface area contributed by atoms with Crippen LogP contribution in [0.3, 0.4) is 0 Å². The minimum Gasteiger partial charge on any atom is -0.392 e. The molecule has 0 amide bonds. The Morgan fingerprint density at radius 1 is 1.25 bits per heavy atom. The molecule has 0 aliphatic rings. The molecule has 16 heavy (non-hydrogen) atoms. The van der Waals surface area contributed by atoms with Gasteiger partial charge in [0.15, 0.2) is 0 Å². The summed E-state index contributed by atoms with van der Waals surface area (Å²) in [6.45, 7) is 5.64. The molecule has 0 aromatic heterocycles. The van der Waals surface area contributed by atoms with Crippen molar-refractivity contribution in [2.45, 2.75) is 32.9 Å². The number of benzene rings is 1. The molecular formula is C13H20ClNO. The van der Waals surface area contributed by atoms with E-state index in [0.717, 1.165) is 18.0 Å². The molecule has 0 saturated carbocycles. The summed E-state index contributed by atoms with van der Waals surface area (Å²) in [6, 6.07) is 7.74. The third kappa shape index (κ3) is 5.50. The summed E-state index contributed by atoms with van der Waals surface area (Å²) in [5.41, 5.74) is 1.18. The predicted molar refractivity (Wildman–Crippen MR) is 68.6 cm³/mol. The van der Waals surface area contributed by atoms with Gasteiger partial charge in [-0.2, -0.15) is 0 Å². The first kappa shape index (κ1) is 13.5. The SMILES string of the molecule is CC(C)CC(O)CNCc1ccc(Cl)cc1. The molecule has 0 aliphatic heterocycles. The predicted octanol–water partition coefficient (Wildman–Crippen LogP) is 2.84. The van der Waals surface area contributed by atoms with Crippen molar-refractivity contribution in [1.82, 2.24) is 5.32 Å². The number of hydrogen-bond acceptors (Lipinski definition) is 2. The Labute approximate surface area is 103 Å².